The van der Waals surface area contributed by atoms with Gasteiger partial charge < -0.3 is 9.64 Å². The van der Waals surface area contributed by atoms with Gasteiger partial charge in [0.25, 0.3) is 5.92 Å². The molecule has 2 rings (SSSR count). The van der Waals surface area contributed by atoms with Crippen molar-refractivity contribution in [3.63, 3.8) is 0 Å². The zero-order valence-electron chi connectivity index (χ0n) is 10.3. The molecule has 1 aliphatic heterocycles. The molecule has 0 amide bonds. The molecule has 2 heterocycles. The van der Waals surface area contributed by atoms with Gasteiger partial charge in [-0.25, -0.2) is 18.2 Å². The molecule has 1 aliphatic rings. The molecule has 1 fully saturated rings. The Bertz CT molecular complexity index is 484. The third-order valence-electron chi connectivity index (χ3n) is 2.85. The Morgan fingerprint density at radius 3 is 2.58 bits per heavy atom. The number of carbonyl (C=O) groups is 1. The molecule has 0 unspecified atom stereocenters. The average Bonchev–Trinajstić information content (AvgIpc) is 2.29. The fourth-order valence-corrected chi connectivity index (χ4v) is 1.91. The maximum absolute atomic E-state index is 13.8. The molecule has 0 N–H and O–H groups in total. The zero-order valence-corrected chi connectivity index (χ0v) is 10.3. The molecular formula is C12H13F3N2O2. The summed E-state index contributed by atoms with van der Waals surface area (Å²) in [4.78, 5) is 16.0. The van der Waals surface area contributed by atoms with Crippen molar-refractivity contribution >= 4 is 11.8 Å². The number of halogens is 3. The fraction of sp³-hybridized carbons (Fsp3) is 0.500. The van der Waals surface area contributed by atoms with Crippen LogP contribution in [0.3, 0.4) is 0 Å². The largest absolute Gasteiger partial charge is 0.425 e. The second-order valence-electron chi connectivity index (χ2n) is 4.41. The van der Waals surface area contributed by atoms with Crippen molar-refractivity contribution in [1.82, 2.24) is 4.98 Å². The highest BCUT2D eigenvalue weighted by Crippen LogP contribution is 2.31. The van der Waals surface area contributed by atoms with Gasteiger partial charge in [-0.1, -0.05) is 0 Å². The maximum Gasteiger partial charge on any atom is 0.308 e. The van der Waals surface area contributed by atoms with E-state index in [0.717, 1.165) is 6.07 Å². The van der Waals surface area contributed by atoms with Crippen molar-refractivity contribution in [2.24, 2.45) is 0 Å². The van der Waals surface area contributed by atoms with Crippen LogP contribution in [0.5, 0.6) is 5.75 Å². The highest BCUT2D eigenvalue weighted by atomic mass is 19.3. The number of rotatable bonds is 2. The van der Waals surface area contributed by atoms with Gasteiger partial charge in [0.2, 0.25) is 0 Å². The standard InChI is InChI=1S/C12H13F3N2O2/c1-8(18)19-9-6-10(13)11(16-7-9)17-4-2-12(14,15)3-5-17/h6-7H,2-5H2,1H3. The van der Waals surface area contributed by atoms with Crippen molar-refractivity contribution in [3.05, 3.63) is 18.1 Å². The number of anilines is 1. The van der Waals surface area contributed by atoms with E-state index in [1.165, 1.54) is 18.0 Å². The minimum atomic E-state index is -2.69. The third kappa shape index (κ3) is 3.36. The summed E-state index contributed by atoms with van der Waals surface area (Å²) in [5, 5.41) is 0. The molecule has 19 heavy (non-hydrogen) atoms. The van der Waals surface area contributed by atoms with E-state index in [0.29, 0.717) is 0 Å². The number of piperidine rings is 1. The van der Waals surface area contributed by atoms with Gasteiger partial charge in [0.05, 0.1) is 6.20 Å². The van der Waals surface area contributed by atoms with Crippen LogP contribution in [-0.4, -0.2) is 30.0 Å². The van der Waals surface area contributed by atoms with Crippen molar-refractivity contribution in [2.75, 3.05) is 18.0 Å². The topological polar surface area (TPSA) is 42.4 Å². The van der Waals surface area contributed by atoms with Crippen molar-refractivity contribution in [1.29, 1.82) is 0 Å². The van der Waals surface area contributed by atoms with E-state index in [1.807, 2.05) is 0 Å². The van der Waals surface area contributed by atoms with Crippen molar-refractivity contribution in [3.8, 4) is 5.75 Å². The molecule has 0 aliphatic carbocycles. The van der Waals surface area contributed by atoms with Crippen LogP contribution < -0.4 is 9.64 Å². The minimum absolute atomic E-state index is 0.00362. The molecule has 1 aromatic rings. The number of carbonyl (C=O) groups excluding carboxylic acids is 1. The van der Waals surface area contributed by atoms with Gasteiger partial charge in [0, 0.05) is 38.9 Å². The first-order valence-corrected chi connectivity index (χ1v) is 5.84. The summed E-state index contributed by atoms with van der Waals surface area (Å²) in [6.45, 7) is 1.28. The van der Waals surface area contributed by atoms with Gasteiger partial charge in [-0.05, 0) is 0 Å². The van der Waals surface area contributed by atoms with Gasteiger partial charge >= 0.3 is 5.97 Å². The van der Waals surface area contributed by atoms with E-state index in [4.69, 9.17) is 4.74 Å². The molecule has 1 aromatic heterocycles. The Kier molecular flexibility index (Phi) is 3.64. The molecule has 7 heteroatoms. The third-order valence-corrected chi connectivity index (χ3v) is 2.85. The lowest BCUT2D eigenvalue weighted by atomic mass is 10.1. The van der Waals surface area contributed by atoms with Crippen LogP contribution in [0, 0.1) is 5.82 Å². The Balaban J connectivity index is 2.11. The molecule has 4 nitrogen and oxygen atoms in total. The summed E-state index contributed by atoms with van der Waals surface area (Å²) < 4.78 is 44.5. The summed E-state index contributed by atoms with van der Waals surface area (Å²) in [5.74, 6) is -3.96. The van der Waals surface area contributed by atoms with Gasteiger partial charge in [0.1, 0.15) is 0 Å². The summed E-state index contributed by atoms with van der Waals surface area (Å²) in [5.41, 5.74) is 0. The SMILES string of the molecule is CC(=O)Oc1cnc(N2CCC(F)(F)CC2)c(F)c1. The first kappa shape index (κ1) is 13.6. The number of aromatic nitrogens is 1. The molecule has 0 atom stereocenters. The molecule has 0 radical (unpaired) electrons. The smallest absolute Gasteiger partial charge is 0.308 e. The molecule has 0 saturated carbocycles. The van der Waals surface area contributed by atoms with Crippen LogP contribution in [0.2, 0.25) is 0 Å². The van der Waals surface area contributed by atoms with Gasteiger partial charge in [-0.3, -0.25) is 4.79 Å². The lowest BCUT2D eigenvalue weighted by Gasteiger charge is -2.32. The van der Waals surface area contributed by atoms with Crippen molar-refractivity contribution < 1.29 is 22.7 Å². The normalized spacial score (nSPS) is 18.2. The fourth-order valence-electron chi connectivity index (χ4n) is 1.91. The first-order valence-electron chi connectivity index (χ1n) is 5.84. The Labute approximate surface area is 108 Å². The Hall–Kier alpha value is -1.79. The molecule has 0 aromatic carbocycles. The second-order valence-corrected chi connectivity index (χ2v) is 4.41. The second kappa shape index (κ2) is 5.07. The van der Waals surface area contributed by atoms with Crippen LogP contribution in [0.25, 0.3) is 0 Å². The number of hydrogen-bond acceptors (Lipinski definition) is 4. The van der Waals surface area contributed by atoms with Crippen LogP contribution in [0.1, 0.15) is 19.8 Å². The van der Waals surface area contributed by atoms with Gasteiger partial charge in [-0.15, -0.1) is 0 Å². The summed E-state index contributed by atoms with van der Waals surface area (Å²) in [7, 11) is 0. The van der Waals surface area contributed by atoms with Crippen LogP contribution in [0.4, 0.5) is 19.0 Å². The molecular weight excluding hydrogens is 261 g/mol. The molecule has 1 saturated heterocycles. The minimum Gasteiger partial charge on any atom is -0.425 e. The lowest BCUT2D eigenvalue weighted by molar-refractivity contribution is -0.131. The summed E-state index contributed by atoms with van der Waals surface area (Å²) in [6.07, 6.45) is 0.562. The van der Waals surface area contributed by atoms with E-state index >= 15 is 0 Å². The first-order chi connectivity index (χ1) is 8.87. The number of nitrogens with zero attached hydrogens (tertiary/aromatic N) is 2. The number of hydrogen-bond donors (Lipinski definition) is 0. The van der Waals surface area contributed by atoms with Crippen LogP contribution in [-0.2, 0) is 4.79 Å². The van der Waals surface area contributed by atoms with Crippen LogP contribution in [0.15, 0.2) is 12.3 Å². The highest BCUT2D eigenvalue weighted by molar-refractivity contribution is 5.69. The van der Waals surface area contributed by atoms with Gasteiger partial charge in [0.15, 0.2) is 17.4 Å². The van der Waals surface area contributed by atoms with E-state index in [-0.39, 0.29) is 37.5 Å². The molecule has 104 valence electrons. The lowest BCUT2D eigenvalue weighted by Crippen LogP contribution is -2.40. The number of esters is 1. The van der Waals surface area contributed by atoms with E-state index < -0.39 is 17.7 Å². The van der Waals surface area contributed by atoms with E-state index in [1.54, 1.807) is 0 Å². The Morgan fingerprint density at radius 1 is 1.42 bits per heavy atom. The monoisotopic (exact) mass is 274 g/mol. The van der Waals surface area contributed by atoms with Crippen molar-refractivity contribution in [2.45, 2.75) is 25.7 Å². The Morgan fingerprint density at radius 2 is 2.05 bits per heavy atom. The molecule has 0 bridgehead atoms. The number of ether oxygens (including phenoxy) is 1. The maximum atomic E-state index is 13.8. The summed E-state index contributed by atoms with van der Waals surface area (Å²) >= 11 is 0. The predicted octanol–water partition coefficient (Wildman–Crippen LogP) is 2.38. The van der Waals surface area contributed by atoms with E-state index in [9.17, 15) is 18.0 Å². The summed E-state index contributed by atoms with van der Waals surface area (Å²) in [6, 6.07) is 1.02. The zero-order chi connectivity index (χ0) is 14.0. The predicted molar refractivity (Wildman–Crippen MR) is 61.9 cm³/mol. The average molecular weight is 274 g/mol. The molecule has 0 spiro atoms. The van der Waals surface area contributed by atoms with Gasteiger partial charge in [-0.2, -0.15) is 0 Å². The quantitative estimate of drug-likeness (QED) is 0.777. The number of alkyl halides is 2. The van der Waals surface area contributed by atoms with E-state index in [2.05, 4.69) is 4.98 Å². The number of pyridine rings is 1. The van der Waals surface area contributed by atoms with Crippen LogP contribution >= 0.6 is 0 Å². The highest BCUT2D eigenvalue weighted by Gasteiger charge is 2.35.